The third kappa shape index (κ3) is 2.59. The maximum absolute atomic E-state index is 13.2. The monoisotopic (exact) mass is 276 g/mol. The molecule has 7 heteroatoms. The lowest BCUT2D eigenvalue weighted by atomic mass is 11.1. The molecule has 0 aliphatic rings. The summed E-state index contributed by atoms with van der Waals surface area (Å²) in [6, 6.07) is 0. The van der Waals surface area contributed by atoms with Crippen LogP contribution in [0, 0.1) is 0 Å². The van der Waals surface area contributed by atoms with Gasteiger partial charge in [-0.05, 0) is 44.1 Å². The van der Waals surface area contributed by atoms with E-state index in [4.69, 9.17) is 0 Å². The highest BCUT2D eigenvalue weighted by molar-refractivity contribution is 9.11. The van der Waals surface area contributed by atoms with Crippen molar-refractivity contribution in [3.8, 4) is 0 Å². The van der Waals surface area contributed by atoms with Crippen LogP contribution in [0.25, 0.3) is 0 Å². The zero-order chi connectivity index (χ0) is 10.8. The number of halogens is 3. The minimum Gasteiger partial charge on any atom is -0.281 e. The Labute approximate surface area is 85.0 Å². The number of hydrogen-bond donors (Lipinski definition) is 0. The first-order valence-corrected chi connectivity index (χ1v) is 5.82. The fourth-order valence-corrected chi connectivity index (χ4v) is 3.15. The van der Waals surface area contributed by atoms with Crippen molar-refractivity contribution in [3.63, 3.8) is 0 Å². The SMILES string of the molecule is CN(C)P(=O)(/C(F)=C(\F)Br)N(C)C. The molecule has 0 saturated carbocycles. The van der Waals surface area contributed by atoms with Gasteiger partial charge in [-0.25, -0.2) is 9.34 Å². The molecular formula is C6H12BrF2N2OP. The Hall–Kier alpha value is 0.230. The molecule has 0 aliphatic heterocycles. The van der Waals surface area contributed by atoms with E-state index >= 15 is 0 Å². The molecule has 0 aliphatic carbocycles. The van der Waals surface area contributed by atoms with Crippen LogP contribution in [-0.2, 0) is 4.57 Å². The first kappa shape index (κ1) is 13.2. The predicted molar refractivity (Wildman–Crippen MR) is 53.1 cm³/mol. The second-order valence-electron chi connectivity index (χ2n) is 2.79. The highest BCUT2D eigenvalue weighted by atomic mass is 79.9. The molecule has 0 aromatic heterocycles. The Kier molecular flexibility index (Phi) is 4.72. The molecule has 0 spiro atoms. The molecule has 0 bridgehead atoms. The second-order valence-corrected chi connectivity index (χ2v) is 6.57. The van der Waals surface area contributed by atoms with Gasteiger partial charge in [0.25, 0.3) is 7.44 Å². The lowest BCUT2D eigenvalue weighted by molar-refractivity contribution is 0.436. The molecule has 0 aromatic rings. The van der Waals surface area contributed by atoms with E-state index in [0.29, 0.717) is 0 Å². The molecule has 0 atom stereocenters. The molecule has 0 amide bonds. The van der Waals surface area contributed by atoms with Crippen LogP contribution in [0.2, 0.25) is 0 Å². The van der Waals surface area contributed by atoms with Gasteiger partial charge in [0.1, 0.15) is 0 Å². The van der Waals surface area contributed by atoms with Crippen molar-refractivity contribution in [2.24, 2.45) is 0 Å². The number of rotatable bonds is 3. The maximum atomic E-state index is 13.2. The van der Waals surface area contributed by atoms with Crippen LogP contribution >= 0.6 is 23.4 Å². The van der Waals surface area contributed by atoms with Crippen molar-refractivity contribution >= 4 is 23.4 Å². The van der Waals surface area contributed by atoms with Crippen LogP contribution in [0.1, 0.15) is 0 Å². The maximum Gasteiger partial charge on any atom is 0.276 e. The van der Waals surface area contributed by atoms with Crippen molar-refractivity contribution in [2.75, 3.05) is 28.2 Å². The summed E-state index contributed by atoms with van der Waals surface area (Å²) in [5.41, 5.74) is -1.28. The molecule has 0 unspecified atom stereocenters. The predicted octanol–water partition coefficient (Wildman–Crippen LogP) is 2.76. The Balaban J connectivity index is 5.30. The van der Waals surface area contributed by atoms with E-state index in [0.717, 1.165) is 9.34 Å². The normalized spacial score (nSPS) is 15.2. The quantitative estimate of drug-likeness (QED) is 0.741. The first-order chi connectivity index (χ1) is 5.74. The fraction of sp³-hybridized carbons (Fsp3) is 0.667. The third-order valence-electron chi connectivity index (χ3n) is 1.50. The molecule has 3 nitrogen and oxygen atoms in total. The van der Waals surface area contributed by atoms with Gasteiger partial charge < -0.3 is 0 Å². The van der Waals surface area contributed by atoms with Gasteiger partial charge in [0, 0.05) is 0 Å². The van der Waals surface area contributed by atoms with Crippen molar-refractivity contribution in [3.05, 3.63) is 10.3 Å². The minimum absolute atomic E-state index is 1.16. The molecule has 0 heterocycles. The molecule has 0 fully saturated rings. The highest BCUT2D eigenvalue weighted by Crippen LogP contribution is 2.59. The first-order valence-electron chi connectivity index (χ1n) is 3.41. The molecule has 0 saturated heterocycles. The summed E-state index contributed by atoms with van der Waals surface area (Å²) in [5.74, 6) is 0. The van der Waals surface area contributed by atoms with E-state index in [2.05, 4.69) is 15.9 Å². The second kappa shape index (κ2) is 4.64. The Bertz CT molecular complexity index is 251. The summed E-state index contributed by atoms with van der Waals surface area (Å²) < 4.78 is 38.7. The lowest BCUT2D eigenvalue weighted by Gasteiger charge is -2.28. The Morgan fingerprint density at radius 3 is 1.54 bits per heavy atom. The summed E-state index contributed by atoms with van der Waals surface area (Å²) in [6.07, 6.45) is 0. The van der Waals surface area contributed by atoms with Crippen molar-refractivity contribution in [2.45, 2.75) is 0 Å². The van der Waals surface area contributed by atoms with Gasteiger partial charge in [0.15, 0.2) is 0 Å². The van der Waals surface area contributed by atoms with Crippen molar-refractivity contribution in [1.29, 1.82) is 0 Å². The molecule has 0 N–H and O–H groups in total. The molecule has 0 aromatic carbocycles. The average Bonchev–Trinajstić information content (AvgIpc) is 2.00. The third-order valence-corrected chi connectivity index (χ3v) is 5.03. The highest BCUT2D eigenvalue weighted by Gasteiger charge is 2.36. The standard InChI is InChI=1S/C6H12BrF2N2OP/c1-10(2)13(12,11(3)4)6(9)5(7)8/h1-4H3/b6-5-. The van der Waals surface area contributed by atoms with Gasteiger partial charge in [0.2, 0.25) is 10.3 Å². The van der Waals surface area contributed by atoms with Gasteiger partial charge in [0.05, 0.1) is 0 Å². The van der Waals surface area contributed by atoms with Gasteiger partial charge in [-0.15, -0.1) is 0 Å². The van der Waals surface area contributed by atoms with Crippen molar-refractivity contribution < 1.29 is 13.3 Å². The van der Waals surface area contributed by atoms with Gasteiger partial charge >= 0.3 is 0 Å². The van der Waals surface area contributed by atoms with Crippen LogP contribution in [0.3, 0.4) is 0 Å². The van der Waals surface area contributed by atoms with E-state index in [1.165, 1.54) is 28.2 Å². The van der Waals surface area contributed by atoms with E-state index < -0.39 is 17.7 Å². The van der Waals surface area contributed by atoms with E-state index in [1.807, 2.05) is 0 Å². The van der Waals surface area contributed by atoms with E-state index in [9.17, 15) is 13.3 Å². The van der Waals surface area contributed by atoms with Gasteiger partial charge in [-0.3, -0.25) is 4.57 Å². The summed E-state index contributed by atoms with van der Waals surface area (Å²) in [6.45, 7) is 0. The molecule has 0 rings (SSSR count). The summed E-state index contributed by atoms with van der Waals surface area (Å²) in [4.78, 5) is 0. The molecule has 78 valence electrons. The summed E-state index contributed by atoms with van der Waals surface area (Å²) in [5, 5.41) is 0. The summed E-state index contributed by atoms with van der Waals surface area (Å²) in [7, 11) is 2.15. The minimum atomic E-state index is -3.55. The van der Waals surface area contributed by atoms with E-state index in [1.54, 1.807) is 0 Å². The number of nitrogens with zero attached hydrogens (tertiary/aromatic N) is 2. The largest absolute Gasteiger partial charge is 0.281 e. The van der Waals surface area contributed by atoms with Crippen LogP contribution in [0.4, 0.5) is 8.78 Å². The van der Waals surface area contributed by atoms with E-state index in [-0.39, 0.29) is 0 Å². The zero-order valence-corrected chi connectivity index (χ0v) is 10.4. The van der Waals surface area contributed by atoms with Crippen LogP contribution in [-0.4, -0.2) is 37.5 Å². The summed E-state index contributed by atoms with van der Waals surface area (Å²) >= 11 is 2.32. The van der Waals surface area contributed by atoms with Crippen LogP contribution < -0.4 is 0 Å². The molecule has 13 heavy (non-hydrogen) atoms. The fourth-order valence-electron chi connectivity index (χ4n) is 0.819. The van der Waals surface area contributed by atoms with Crippen LogP contribution in [0.5, 0.6) is 0 Å². The topological polar surface area (TPSA) is 23.6 Å². The lowest BCUT2D eigenvalue weighted by Crippen LogP contribution is -2.21. The van der Waals surface area contributed by atoms with Crippen molar-refractivity contribution in [1.82, 2.24) is 9.34 Å². The molecule has 0 radical (unpaired) electrons. The average molecular weight is 277 g/mol. The zero-order valence-electron chi connectivity index (χ0n) is 7.88. The molecular weight excluding hydrogens is 265 g/mol. The van der Waals surface area contributed by atoms with Gasteiger partial charge in [-0.1, -0.05) is 0 Å². The smallest absolute Gasteiger partial charge is 0.276 e. The number of hydrogen-bond acceptors (Lipinski definition) is 1. The van der Waals surface area contributed by atoms with Crippen LogP contribution in [0.15, 0.2) is 10.3 Å². The Morgan fingerprint density at radius 1 is 1.15 bits per heavy atom. The Morgan fingerprint density at radius 2 is 1.46 bits per heavy atom. The van der Waals surface area contributed by atoms with Gasteiger partial charge in [-0.2, -0.15) is 8.78 Å².